The molecule has 1 heterocycles. The summed E-state index contributed by atoms with van der Waals surface area (Å²) in [5, 5.41) is 12.3. The molecule has 0 bridgehead atoms. The van der Waals surface area contributed by atoms with Crippen LogP contribution in [-0.4, -0.2) is 27.2 Å². The second-order valence-corrected chi connectivity index (χ2v) is 8.30. The zero-order valence-corrected chi connectivity index (χ0v) is 18.5. The molecular formula is C25H24F3N3O3. The molecule has 0 aliphatic heterocycles. The summed E-state index contributed by atoms with van der Waals surface area (Å²) >= 11 is 0. The zero-order valence-electron chi connectivity index (χ0n) is 18.5. The van der Waals surface area contributed by atoms with E-state index in [4.69, 9.17) is 0 Å². The van der Waals surface area contributed by atoms with E-state index in [0.717, 1.165) is 40.7 Å². The van der Waals surface area contributed by atoms with E-state index < -0.39 is 23.2 Å². The van der Waals surface area contributed by atoms with Gasteiger partial charge in [-0.15, -0.1) is 0 Å². The Kier molecular flexibility index (Phi) is 6.56. The summed E-state index contributed by atoms with van der Waals surface area (Å²) in [4.78, 5) is 30.6. The first-order chi connectivity index (χ1) is 16.2. The van der Waals surface area contributed by atoms with Crippen LogP contribution >= 0.6 is 0 Å². The van der Waals surface area contributed by atoms with Crippen LogP contribution in [0.2, 0.25) is 0 Å². The normalized spacial score (nSPS) is 15.3. The van der Waals surface area contributed by atoms with Crippen molar-refractivity contribution in [1.82, 2.24) is 14.9 Å². The van der Waals surface area contributed by atoms with E-state index in [1.807, 2.05) is 24.3 Å². The number of carbonyl (C=O) groups excluding carboxylic acids is 1. The van der Waals surface area contributed by atoms with Crippen LogP contribution in [-0.2, 0) is 30.4 Å². The fourth-order valence-electron chi connectivity index (χ4n) is 4.37. The van der Waals surface area contributed by atoms with Crippen LogP contribution in [0.25, 0.3) is 11.4 Å². The van der Waals surface area contributed by atoms with E-state index in [2.05, 4.69) is 10.3 Å². The lowest BCUT2D eigenvalue weighted by Gasteiger charge is -2.18. The lowest BCUT2D eigenvalue weighted by Crippen LogP contribution is -2.36. The number of aromatic nitrogens is 2. The average molecular weight is 471 g/mol. The van der Waals surface area contributed by atoms with Gasteiger partial charge in [0, 0.05) is 29.8 Å². The first-order valence-corrected chi connectivity index (χ1v) is 10.9. The SMILES string of the molecule is Cc1nc(-c2ccc(C(F)(F)F)cc2)n(CC(=O)N[C@H]2CCc3ccccc32)c(=O)c1CCO. The molecule has 3 aromatic rings. The van der Waals surface area contributed by atoms with Crippen LogP contribution in [0.3, 0.4) is 0 Å². The van der Waals surface area contributed by atoms with Crippen LogP contribution in [0.4, 0.5) is 13.2 Å². The maximum atomic E-state index is 13.2. The highest BCUT2D eigenvalue weighted by Gasteiger charge is 2.30. The van der Waals surface area contributed by atoms with Gasteiger partial charge < -0.3 is 10.4 Å². The Morgan fingerprint density at radius 3 is 2.56 bits per heavy atom. The van der Waals surface area contributed by atoms with Crippen molar-refractivity contribution >= 4 is 5.91 Å². The average Bonchev–Trinajstić information content (AvgIpc) is 3.20. The summed E-state index contributed by atoms with van der Waals surface area (Å²) in [6.45, 7) is 0.974. The Bertz CT molecular complexity index is 1270. The molecule has 2 N–H and O–H groups in total. The summed E-state index contributed by atoms with van der Waals surface area (Å²) in [7, 11) is 0. The number of nitrogens with zero attached hydrogens (tertiary/aromatic N) is 2. The molecule has 0 spiro atoms. The highest BCUT2D eigenvalue weighted by atomic mass is 19.4. The van der Waals surface area contributed by atoms with Gasteiger partial charge in [-0.2, -0.15) is 13.2 Å². The topological polar surface area (TPSA) is 84.2 Å². The van der Waals surface area contributed by atoms with Crippen molar-refractivity contribution in [3.63, 3.8) is 0 Å². The van der Waals surface area contributed by atoms with Gasteiger partial charge in [-0.05, 0) is 43.0 Å². The van der Waals surface area contributed by atoms with E-state index in [9.17, 15) is 27.9 Å². The van der Waals surface area contributed by atoms with E-state index in [1.165, 1.54) is 12.1 Å². The van der Waals surface area contributed by atoms with Gasteiger partial charge in [0.25, 0.3) is 5.56 Å². The fraction of sp³-hybridized carbons (Fsp3) is 0.320. The smallest absolute Gasteiger partial charge is 0.396 e. The summed E-state index contributed by atoms with van der Waals surface area (Å²) in [6, 6.07) is 11.9. The molecule has 0 saturated carbocycles. The molecule has 1 aliphatic rings. The summed E-state index contributed by atoms with van der Waals surface area (Å²) in [6.07, 6.45) is -2.86. The van der Waals surface area contributed by atoms with Crippen LogP contribution in [0, 0.1) is 6.92 Å². The number of fused-ring (bicyclic) bond motifs is 1. The van der Waals surface area contributed by atoms with E-state index >= 15 is 0 Å². The second kappa shape index (κ2) is 9.42. The molecule has 0 radical (unpaired) electrons. The van der Waals surface area contributed by atoms with Crippen LogP contribution in [0.15, 0.2) is 53.3 Å². The fourth-order valence-corrected chi connectivity index (χ4v) is 4.37. The van der Waals surface area contributed by atoms with Gasteiger partial charge >= 0.3 is 6.18 Å². The third-order valence-corrected chi connectivity index (χ3v) is 6.07. The van der Waals surface area contributed by atoms with Gasteiger partial charge in [0.05, 0.1) is 11.6 Å². The number of aryl methyl sites for hydroxylation is 2. The van der Waals surface area contributed by atoms with E-state index in [-0.39, 0.29) is 42.6 Å². The van der Waals surface area contributed by atoms with Gasteiger partial charge in [-0.1, -0.05) is 36.4 Å². The third kappa shape index (κ3) is 4.75. The Morgan fingerprint density at radius 1 is 1.18 bits per heavy atom. The number of hydrogen-bond acceptors (Lipinski definition) is 4. The Hall–Kier alpha value is -3.46. The maximum Gasteiger partial charge on any atom is 0.416 e. The van der Waals surface area contributed by atoms with Crippen molar-refractivity contribution in [3.05, 3.63) is 86.8 Å². The van der Waals surface area contributed by atoms with E-state index in [0.29, 0.717) is 5.69 Å². The number of carbonyl (C=O) groups is 1. The number of hydrogen-bond donors (Lipinski definition) is 2. The molecule has 9 heteroatoms. The first kappa shape index (κ1) is 23.7. The first-order valence-electron chi connectivity index (χ1n) is 10.9. The highest BCUT2D eigenvalue weighted by molar-refractivity contribution is 5.77. The molecule has 1 atom stereocenters. The van der Waals surface area contributed by atoms with E-state index in [1.54, 1.807) is 6.92 Å². The monoisotopic (exact) mass is 471 g/mol. The minimum atomic E-state index is -4.50. The standard InChI is InChI=1S/C25H24F3N3O3/c1-15-19(12-13-32)24(34)31(23(29-15)17-6-9-18(10-7-17)25(26,27)28)14-22(33)30-21-11-8-16-4-2-3-5-20(16)21/h2-7,9-10,21,32H,8,11-14H2,1H3,(H,30,33)/t21-/m0/s1. The minimum absolute atomic E-state index is 0.0581. The van der Waals surface area contributed by atoms with Crippen molar-refractivity contribution in [2.75, 3.05) is 6.61 Å². The molecule has 1 amide bonds. The quantitative estimate of drug-likeness (QED) is 0.576. The number of aliphatic hydroxyl groups is 1. The predicted octanol–water partition coefficient (Wildman–Crippen LogP) is 3.58. The molecule has 178 valence electrons. The van der Waals surface area contributed by atoms with Gasteiger partial charge in [-0.25, -0.2) is 4.98 Å². The molecule has 0 fully saturated rings. The number of halogens is 3. The Labute approximate surface area is 194 Å². The van der Waals surface area contributed by atoms with Crippen molar-refractivity contribution in [2.24, 2.45) is 0 Å². The molecule has 0 saturated heterocycles. The molecular weight excluding hydrogens is 447 g/mol. The van der Waals surface area contributed by atoms with Crippen molar-refractivity contribution in [3.8, 4) is 11.4 Å². The number of aliphatic hydroxyl groups excluding tert-OH is 1. The Morgan fingerprint density at radius 2 is 1.88 bits per heavy atom. The lowest BCUT2D eigenvalue weighted by atomic mass is 10.1. The molecule has 0 unspecified atom stereocenters. The van der Waals surface area contributed by atoms with Crippen LogP contribution in [0.1, 0.15) is 40.4 Å². The van der Waals surface area contributed by atoms with Crippen LogP contribution in [0.5, 0.6) is 0 Å². The maximum absolute atomic E-state index is 13.2. The molecule has 34 heavy (non-hydrogen) atoms. The molecule has 1 aliphatic carbocycles. The minimum Gasteiger partial charge on any atom is -0.396 e. The highest BCUT2D eigenvalue weighted by Crippen LogP contribution is 2.32. The van der Waals surface area contributed by atoms with Crippen LogP contribution < -0.4 is 10.9 Å². The largest absolute Gasteiger partial charge is 0.416 e. The lowest BCUT2D eigenvalue weighted by molar-refractivity contribution is -0.137. The van der Waals surface area contributed by atoms with Crippen molar-refractivity contribution < 1.29 is 23.1 Å². The van der Waals surface area contributed by atoms with Gasteiger partial charge in [0.15, 0.2) is 0 Å². The van der Waals surface area contributed by atoms with Gasteiger partial charge in [-0.3, -0.25) is 14.2 Å². The Balaban J connectivity index is 1.68. The number of alkyl halides is 3. The van der Waals surface area contributed by atoms with Gasteiger partial charge in [0.2, 0.25) is 5.91 Å². The second-order valence-electron chi connectivity index (χ2n) is 8.30. The third-order valence-electron chi connectivity index (χ3n) is 6.07. The number of rotatable bonds is 6. The van der Waals surface area contributed by atoms with Crippen molar-refractivity contribution in [1.29, 1.82) is 0 Å². The molecule has 2 aromatic carbocycles. The predicted molar refractivity (Wildman–Crippen MR) is 120 cm³/mol. The molecule has 1 aromatic heterocycles. The molecule has 6 nitrogen and oxygen atoms in total. The van der Waals surface area contributed by atoms with Gasteiger partial charge in [0.1, 0.15) is 12.4 Å². The number of nitrogens with one attached hydrogen (secondary N) is 1. The number of amides is 1. The van der Waals surface area contributed by atoms with Crippen molar-refractivity contribution in [2.45, 2.75) is 44.9 Å². The summed E-state index contributed by atoms with van der Waals surface area (Å²) in [5.74, 6) is -0.308. The zero-order chi connectivity index (χ0) is 24.5. The summed E-state index contributed by atoms with van der Waals surface area (Å²) in [5.41, 5.74) is 1.77. The number of benzene rings is 2. The summed E-state index contributed by atoms with van der Waals surface area (Å²) < 4.78 is 40.1. The molecule has 4 rings (SSSR count).